The standard InChI is InChI=1S/C29H25F4N3O2/c1-17(18-5-9-21(30)10-6-18)38-27-13-20(29(31,32)33)8-12-23(27)26-15-28(35-16-34-26)36-25-4-2-3-19-7-11-22(37)14-24(19)25/h2-6,8-10,12-13,15-17,22,37H,7,11,14H2,1H3,(H,34,35,36). The molecule has 1 aliphatic carbocycles. The molecule has 1 aliphatic rings. The van der Waals surface area contributed by atoms with E-state index in [1.807, 2.05) is 18.2 Å². The lowest BCUT2D eigenvalue weighted by Gasteiger charge is -2.23. The fraction of sp³-hybridized carbons (Fsp3) is 0.241. The van der Waals surface area contributed by atoms with Gasteiger partial charge in [-0.15, -0.1) is 0 Å². The van der Waals surface area contributed by atoms with Gasteiger partial charge in [0.25, 0.3) is 0 Å². The zero-order valence-electron chi connectivity index (χ0n) is 20.5. The van der Waals surface area contributed by atoms with E-state index >= 15 is 0 Å². The van der Waals surface area contributed by atoms with Crippen LogP contribution in [-0.2, 0) is 19.0 Å². The normalized spacial score (nSPS) is 16.0. The second kappa shape index (κ2) is 10.4. The number of alkyl halides is 3. The number of nitrogens with zero attached hydrogens (tertiary/aromatic N) is 2. The summed E-state index contributed by atoms with van der Waals surface area (Å²) in [5.74, 6) is 0.0123. The Kier molecular flexibility index (Phi) is 7.03. The zero-order valence-corrected chi connectivity index (χ0v) is 20.5. The molecule has 5 nitrogen and oxygen atoms in total. The summed E-state index contributed by atoms with van der Waals surface area (Å²) in [7, 11) is 0. The number of hydrogen-bond acceptors (Lipinski definition) is 5. The van der Waals surface area contributed by atoms with Crippen LogP contribution in [0.5, 0.6) is 5.75 Å². The Morgan fingerprint density at radius 2 is 1.82 bits per heavy atom. The van der Waals surface area contributed by atoms with Crippen LogP contribution in [0, 0.1) is 5.82 Å². The summed E-state index contributed by atoms with van der Waals surface area (Å²) < 4.78 is 59.9. The number of aliphatic hydroxyl groups excluding tert-OH is 1. The molecule has 0 bridgehead atoms. The number of aliphatic hydroxyl groups is 1. The first kappa shape index (κ1) is 25.7. The number of halogens is 4. The van der Waals surface area contributed by atoms with E-state index in [1.54, 1.807) is 13.0 Å². The van der Waals surface area contributed by atoms with Crippen LogP contribution in [0.15, 0.2) is 73.1 Å². The molecule has 0 aliphatic heterocycles. The van der Waals surface area contributed by atoms with Crippen LogP contribution in [-0.4, -0.2) is 21.2 Å². The number of ether oxygens (including phenoxy) is 1. The third kappa shape index (κ3) is 5.62. The quantitative estimate of drug-likeness (QED) is 0.266. The third-order valence-corrected chi connectivity index (χ3v) is 6.62. The molecule has 2 N–H and O–H groups in total. The molecule has 0 spiro atoms. The average Bonchev–Trinajstić information content (AvgIpc) is 2.89. The van der Waals surface area contributed by atoms with Crippen molar-refractivity contribution >= 4 is 11.5 Å². The number of aromatic nitrogens is 2. The highest BCUT2D eigenvalue weighted by atomic mass is 19.4. The minimum Gasteiger partial charge on any atom is -0.485 e. The molecule has 4 aromatic rings. The van der Waals surface area contributed by atoms with E-state index in [9.17, 15) is 22.7 Å². The highest BCUT2D eigenvalue weighted by Gasteiger charge is 2.32. The summed E-state index contributed by atoms with van der Waals surface area (Å²) in [4.78, 5) is 8.58. The first-order valence-electron chi connectivity index (χ1n) is 12.2. The lowest BCUT2D eigenvalue weighted by molar-refractivity contribution is -0.137. The SMILES string of the molecule is CC(Oc1cc(C(F)(F)F)ccc1-c1cc(Nc2cccc3c2CC(O)CC3)ncn1)c1ccc(F)cc1. The van der Waals surface area contributed by atoms with E-state index < -0.39 is 29.8 Å². The molecule has 9 heteroatoms. The van der Waals surface area contributed by atoms with Gasteiger partial charge in [-0.1, -0.05) is 24.3 Å². The van der Waals surface area contributed by atoms with Crippen molar-refractivity contribution in [2.75, 3.05) is 5.32 Å². The second-order valence-corrected chi connectivity index (χ2v) is 9.27. The van der Waals surface area contributed by atoms with Crippen LogP contribution >= 0.6 is 0 Å². The number of benzene rings is 3. The lowest BCUT2D eigenvalue weighted by atomic mass is 9.88. The Labute approximate surface area is 217 Å². The summed E-state index contributed by atoms with van der Waals surface area (Å²) in [6.45, 7) is 1.68. The summed E-state index contributed by atoms with van der Waals surface area (Å²) in [5, 5.41) is 13.4. The highest BCUT2D eigenvalue weighted by Crippen LogP contribution is 2.39. The molecular formula is C29H25F4N3O2. The van der Waals surface area contributed by atoms with Crippen molar-refractivity contribution in [1.29, 1.82) is 0 Å². The molecule has 1 heterocycles. The van der Waals surface area contributed by atoms with Crippen molar-refractivity contribution in [2.24, 2.45) is 0 Å². The maximum absolute atomic E-state index is 13.5. The van der Waals surface area contributed by atoms with Crippen molar-refractivity contribution in [3.05, 3.63) is 101 Å². The number of hydrogen-bond donors (Lipinski definition) is 2. The molecule has 0 saturated heterocycles. The van der Waals surface area contributed by atoms with Gasteiger partial charge in [0.15, 0.2) is 0 Å². The molecule has 0 amide bonds. The van der Waals surface area contributed by atoms with Gasteiger partial charge in [0, 0.05) is 23.7 Å². The fourth-order valence-corrected chi connectivity index (χ4v) is 4.60. The Bertz CT molecular complexity index is 1440. The van der Waals surface area contributed by atoms with E-state index in [2.05, 4.69) is 15.3 Å². The molecule has 0 radical (unpaired) electrons. The van der Waals surface area contributed by atoms with Crippen LogP contribution in [0.2, 0.25) is 0 Å². The number of nitrogens with one attached hydrogen (secondary N) is 1. The van der Waals surface area contributed by atoms with Gasteiger partial charge in [-0.05, 0) is 72.9 Å². The van der Waals surface area contributed by atoms with Crippen molar-refractivity contribution < 1.29 is 27.4 Å². The smallest absolute Gasteiger partial charge is 0.416 e. The Morgan fingerprint density at radius 1 is 1.03 bits per heavy atom. The van der Waals surface area contributed by atoms with Gasteiger partial charge >= 0.3 is 6.18 Å². The van der Waals surface area contributed by atoms with Gasteiger partial charge in [0.2, 0.25) is 0 Å². The molecular weight excluding hydrogens is 498 g/mol. The summed E-state index contributed by atoms with van der Waals surface area (Å²) in [5.41, 5.74) is 3.44. The van der Waals surface area contributed by atoms with Gasteiger partial charge in [-0.2, -0.15) is 13.2 Å². The molecule has 2 unspecified atom stereocenters. The minimum absolute atomic E-state index is 0.0125. The van der Waals surface area contributed by atoms with Crippen molar-refractivity contribution in [1.82, 2.24) is 9.97 Å². The largest absolute Gasteiger partial charge is 0.485 e. The Morgan fingerprint density at radius 3 is 2.58 bits per heavy atom. The molecule has 196 valence electrons. The molecule has 38 heavy (non-hydrogen) atoms. The van der Waals surface area contributed by atoms with Crippen LogP contribution in [0.3, 0.4) is 0 Å². The number of fused-ring (bicyclic) bond motifs is 1. The number of anilines is 2. The Balaban J connectivity index is 1.49. The van der Waals surface area contributed by atoms with Crippen molar-refractivity contribution in [2.45, 2.75) is 44.6 Å². The van der Waals surface area contributed by atoms with E-state index in [4.69, 9.17) is 4.74 Å². The second-order valence-electron chi connectivity index (χ2n) is 9.27. The average molecular weight is 524 g/mol. The summed E-state index contributed by atoms with van der Waals surface area (Å²) in [6, 6.07) is 16.3. The molecule has 0 fully saturated rings. The Hall–Kier alpha value is -3.98. The minimum atomic E-state index is -4.56. The lowest BCUT2D eigenvalue weighted by Crippen LogP contribution is -2.19. The third-order valence-electron chi connectivity index (χ3n) is 6.62. The fourth-order valence-electron chi connectivity index (χ4n) is 4.60. The maximum atomic E-state index is 13.5. The zero-order chi connectivity index (χ0) is 26.9. The van der Waals surface area contributed by atoms with Gasteiger partial charge in [-0.3, -0.25) is 0 Å². The topological polar surface area (TPSA) is 67.3 Å². The van der Waals surface area contributed by atoms with Crippen LogP contribution in [0.1, 0.15) is 41.7 Å². The number of rotatable bonds is 6. The molecule has 0 saturated carbocycles. The highest BCUT2D eigenvalue weighted by molar-refractivity contribution is 5.72. The van der Waals surface area contributed by atoms with Gasteiger partial charge in [-0.25, -0.2) is 14.4 Å². The van der Waals surface area contributed by atoms with Crippen LogP contribution < -0.4 is 10.1 Å². The molecule has 1 aromatic heterocycles. The monoisotopic (exact) mass is 523 g/mol. The first-order valence-corrected chi connectivity index (χ1v) is 12.2. The van der Waals surface area contributed by atoms with Crippen LogP contribution in [0.25, 0.3) is 11.3 Å². The van der Waals surface area contributed by atoms with E-state index in [1.165, 1.54) is 36.7 Å². The summed E-state index contributed by atoms with van der Waals surface area (Å²) in [6.07, 6.45) is -2.30. The van der Waals surface area contributed by atoms with E-state index in [0.717, 1.165) is 35.4 Å². The molecule has 5 rings (SSSR count). The van der Waals surface area contributed by atoms with E-state index in [-0.39, 0.29) is 5.75 Å². The predicted molar refractivity (Wildman–Crippen MR) is 136 cm³/mol. The van der Waals surface area contributed by atoms with Crippen LogP contribution in [0.4, 0.5) is 29.1 Å². The molecule has 3 aromatic carbocycles. The van der Waals surface area contributed by atoms with Crippen molar-refractivity contribution in [3.63, 3.8) is 0 Å². The summed E-state index contributed by atoms with van der Waals surface area (Å²) >= 11 is 0. The van der Waals surface area contributed by atoms with Crippen molar-refractivity contribution in [3.8, 4) is 17.0 Å². The van der Waals surface area contributed by atoms with E-state index in [0.29, 0.717) is 35.5 Å². The maximum Gasteiger partial charge on any atom is 0.416 e. The van der Waals surface area contributed by atoms with Gasteiger partial charge in [0.05, 0.1) is 17.4 Å². The number of aryl methyl sites for hydroxylation is 1. The first-order chi connectivity index (χ1) is 18.2. The van der Waals surface area contributed by atoms with Gasteiger partial charge in [0.1, 0.15) is 29.8 Å². The van der Waals surface area contributed by atoms with Gasteiger partial charge < -0.3 is 15.2 Å². The predicted octanol–water partition coefficient (Wildman–Crippen LogP) is 7.03. The molecule has 2 atom stereocenters.